The van der Waals surface area contributed by atoms with E-state index in [-0.39, 0.29) is 116 Å². The number of carbonyl (C=O) groups is 7. The number of hydrogen-bond donors (Lipinski definition) is 7. The number of esters is 3. The van der Waals surface area contributed by atoms with Crippen LogP contribution in [0, 0.1) is 0 Å². The number of aromatic amines is 1. The Kier molecular flexibility index (Phi) is 44.8. The maximum atomic E-state index is 12.8. The van der Waals surface area contributed by atoms with Crippen LogP contribution in [0.3, 0.4) is 0 Å². The molecule has 2 amide bonds. The van der Waals surface area contributed by atoms with E-state index in [4.69, 9.17) is 68.8 Å². The molecule has 9 N–H and O–H groups in total. The zero-order valence-corrected chi connectivity index (χ0v) is 77.2. The monoisotopic (exact) mass is 1930 g/mol. The fourth-order valence-electron chi connectivity index (χ4n) is 13.4. The molecule has 0 unspecified atom stereocenters. The number of para-hydroxylation sites is 4. The molecule has 1 aliphatic carbocycles. The molecular formula is C107H109BCl2N12O18. The number of ether oxygens (including phenoxy) is 7. The van der Waals surface area contributed by atoms with Crippen LogP contribution >= 0.6 is 23.2 Å². The highest BCUT2D eigenvalue weighted by atomic mass is 35.5. The molecule has 33 heteroatoms. The number of likely N-dealkylation sites (tertiary alicyclic amines) is 2. The van der Waals surface area contributed by atoms with Crippen LogP contribution in [-0.2, 0) is 68.7 Å². The first kappa shape index (κ1) is 109. The van der Waals surface area contributed by atoms with Gasteiger partial charge in [-0.25, -0.2) is 29.9 Å². The van der Waals surface area contributed by atoms with Crippen molar-refractivity contribution < 1.29 is 81.9 Å². The highest BCUT2D eigenvalue weighted by molar-refractivity contribution is 6.58. The highest BCUT2D eigenvalue weighted by Gasteiger charge is 2.26. The van der Waals surface area contributed by atoms with Crippen molar-refractivity contribution in [3.63, 3.8) is 0 Å². The van der Waals surface area contributed by atoms with Gasteiger partial charge in [-0.05, 0) is 192 Å². The lowest BCUT2D eigenvalue weighted by Gasteiger charge is -2.33. The largest absolute Gasteiger partial charge is 0.508 e. The number of H-pyrrole nitrogens is 1. The van der Waals surface area contributed by atoms with Crippen molar-refractivity contribution in [1.29, 1.82) is 0 Å². The molecule has 140 heavy (non-hydrogen) atoms. The van der Waals surface area contributed by atoms with E-state index in [9.17, 15) is 38.4 Å². The van der Waals surface area contributed by atoms with Gasteiger partial charge >= 0.3 is 25.0 Å². The van der Waals surface area contributed by atoms with Gasteiger partial charge in [0.25, 0.3) is 5.56 Å². The number of piperidine rings is 2. The zero-order valence-electron chi connectivity index (χ0n) is 75.7. The molecule has 0 spiro atoms. The molecule has 10 aromatic carbocycles. The van der Waals surface area contributed by atoms with Gasteiger partial charge in [0.15, 0.2) is 12.1 Å². The maximum absolute atomic E-state index is 12.8. The Morgan fingerprint density at radius 1 is 0.507 bits per heavy atom. The van der Waals surface area contributed by atoms with Crippen LogP contribution in [0.1, 0.15) is 84.4 Å². The normalized spacial score (nSPS) is 12.8. The van der Waals surface area contributed by atoms with E-state index in [1.165, 1.54) is 64.6 Å². The first-order valence-corrected chi connectivity index (χ1v) is 44.0. The van der Waals surface area contributed by atoms with Crippen molar-refractivity contribution in [2.24, 2.45) is 5.73 Å². The lowest BCUT2D eigenvalue weighted by atomic mass is 9.81. The van der Waals surface area contributed by atoms with Gasteiger partial charge in [-0.1, -0.05) is 215 Å². The molecule has 17 rings (SSSR count). The molecule has 30 nitrogen and oxygen atoms in total. The van der Waals surface area contributed by atoms with E-state index in [0.717, 1.165) is 101 Å². The third-order valence-corrected chi connectivity index (χ3v) is 21.1. The van der Waals surface area contributed by atoms with Crippen molar-refractivity contribution in [3.8, 4) is 62.9 Å². The number of ketones is 1. The third kappa shape index (κ3) is 35.4. The number of hydrogen-bond acceptors (Lipinski definition) is 27. The predicted molar refractivity (Wildman–Crippen MR) is 544 cm³/mol. The molecular weight excluding hydrogens is 1820 g/mol. The van der Waals surface area contributed by atoms with Crippen LogP contribution in [-0.4, -0.2) is 168 Å². The Bertz CT molecular complexity index is 6300. The molecule has 0 saturated carbocycles. The number of pyridine rings is 1. The van der Waals surface area contributed by atoms with Crippen LogP contribution in [0.25, 0.3) is 33.8 Å². The molecule has 2 saturated heterocycles. The lowest BCUT2D eigenvalue weighted by Crippen LogP contribution is -2.45. The third-order valence-electron chi connectivity index (χ3n) is 20.5. The number of phenolic OH excluding ortho intramolecular Hbond substituents is 1. The standard InChI is InChI=1S/C27H25N5O3.C20H13ClN2O2.2C15H14O3.C9H10O3.C8H14N2O.C6H7BO2.C5H4ClN3O.2CH4/c1-2-24(33)32-14-6-7-19(16-32)30-25-23-15-22(27(34)31-26(23)29-17-28-25)18-10-12-21(13-11-18)35-20-8-4-3-5-9-20;21-20-17-10-16(19(24)11-18(17)22-12-23-20)13-6-8-15(9-7-13)25-14-4-2-1-3-5-14;2*1-17-15(16)11-12-7-9-14(10-8-12)18-13-5-3-2-4-6-13;1-12-9(11)6-7-2-4-8(10)5-3-7;1-2-8(11)10-5-3-4-7(9)6-10;8-7(9)6-4-2-1-3-5-6;6-4-3(1-10)5(7)9-2-8-4;;/h2-5,8-13,15,17,19H,1,6-7,14,16H2,(H2,28,29,30,31,34);1-10,12H,11H2;2*2-10H,11H2,1H3;2-5,10H,6H2,1H3;2,7H,1,3-6,9H2;1-5,8-9H;1-2H,(H2,7,8,9);2*1H4/t19-;;;;;7-;;;;/m1....1..../s1. The van der Waals surface area contributed by atoms with Gasteiger partial charge in [0.1, 0.15) is 98.3 Å². The Hall–Kier alpha value is -16.3. The number of nitrogen functional groups attached to an aromatic ring is 1. The topological polar surface area (TPSA) is 426 Å². The number of Topliss-reactive ketones (excluding diaryl/α,β-unsaturated/α-hetero) is 1. The second kappa shape index (κ2) is 57.5. The number of halogens is 2. The molecule has 0 bridgehead atoms. The van der Waals surface area contributed by atoms with E-state index in [2.05, 4.69) is 67.6 Å². The number of phenols is 1. The van der Waals surface area contributed by atoms with Gasteiger partial charge in [-0.3, -0.25) is 38.4 Å². The predicted octanol–water partition coefficient (Wildman–Crippen LogP) is 17.7. The van der Waals surface area contributed by atoms with Gasteiger partial charge < -0.3 is 79.9 Å². The molecule has 14 aromatic rings. The summed E-state index contributed by atoms with van der Waals surface area (Å²) in [6.07, 6.45) is 13.8. The summed E-state index contributed by atoms with van der Waals surface area (Å²) < 4.78 is 36.6. The summed E-state index contributed by atoms with van der Waals surface area (Å²) in [4.78, 5) is 122. The molecule has 2 fully saturated rings. The number of fused-ring (bicyclic) bond motifs is 2. The molecule has 722 valence electrons. The number of nitrogens with one attached hydrogen (secondary N) is 2. The number of amides is 2. The summed E-state index contributed by atoms with van der Waals surface area (Å²) in [6.45, 7) is 9.81. The van der Waals surface area contributed by atoms with Gasteiger partial charge in [-0.15, -0.1) is 0 Å². The fourth-order valence-corrected chi connectivity index (χ4v) is 13.8. The second-order valence-corrected chi connectivity index (χ2v) is 31.0. The smallest absolute Gasteiger partial charge is 0.488 e. The van der Waals surface area contributed by atoms with E-state index in [1.807, 2.05) is 224 Å². The number of nitrogens with two attached hydrogens (primary N) is 2. The number of carbonyl (C=O) groups excluding carboxylic acids is 7. The summed E-state index contributed by atoms with van der Waals surface area (Å²) in [5, 5.41) is 30.7. The average Bonchev–Trinajstić information content (AvgIpc) is 0.728. The summed E-state index contributed by atoms with van der Waals surface area (Å²) >= 11 is 11.6. The van der Waals surface area contributed by atoms with Crippen LogP contribution in [0.15, 0.2) is 328 Å². The Morgan fingerprint density at radius 2 is 0.900 bits per heavy atom. The number of rotatable bonds is 22. The number of benzene rings is 10. The minimum absolute atomic E-state index is 0. The van der Waals surface area contributed by atoms with Crippen molar-refractivity contribution in [1.82, 2.24) is 44.7 Å². The Labute approximate surface area is 822 Å². The summed E-state index contributed by atoms with van der Waals surface area (Å²) in [7, 11) is 2.78. The summed E-state index contributed by atoms with van der Waals surface area (Å²) in [5.41, 5.74) is 18.5. The first-order valence-electron chi connectivity index (χ1n) is 43.3. The Morgan fingerprint density at radius 3 is 1.31 bits per heavy atom. The van der Waals surface area contributed by atoms with Crippen LogP contribution in [0.5, 0.6) is 51.7 Å². The fraction of sp³-hybridized carbons (Fsp3) is 0.178. The van der Waals surface area contributed by atoms with Crippen LogP contribution in [0.4, 0.5) is 11.6 Å². The second-order valence-electron chi connectivity index (χ2n) is 30.3. The number of aromatic nitrogens is 7. The molecule has 2 atom stereocenters. The van der Waals surface area contributed by atoms with Gasteiger partial charge in [0, 0.05) is 55.0 Å². The minimum Gasteiger partial charge on any atom is -0.508 e. The molecule has 6 heterocycles. The van der Waals surface area contributed by atoms with E-state index < -0.39 is 7.12 Å². The molecule has 0 radical (unpaired) electrons. The van der Waals surface area contributed by atoms with Crippen molar-refractivity contribution in [3.05, 3.63) is 383 Å². The number of aromatic hydroxyl groups is 1. The zero-order chi connectivity index (χ0) is 98.5. The SMILES string of the molecule is C.C.C=CC(=O)N1CCC[C@@H](N)C1.C=CC(=O)N1CCC[C@@H](Nc2ncnc3[nH]c(=O)c(-c4ccc(Oc5ccccc5)cc4)cc23)C1.COC(=O)Cc1ccc(O)cc1.COC(=O)Cc1ccc(Oc2ccccc2)cc1.COC(=O)Cc1ccc(Oc2ccccc2)cc1.Nc1ncnc(Cl)c1C=O.O=C1Cc2ncnc(Cl)c2C=C1c1ccc(Oc2ccccc2)cc1.OB(O)c1ccccc1. The molecule has 2 aliphatic heterocycles. The van der Waals surface area contributed by atoms with Crippen molar-refractivity contribution >= 4 is 112 Å². The highest BCUT2D eigenvalue weighted by Crippen LogP contribution is 2.34. The lowest BCUT2D eigenvalue weighted by molar-refractivity contribution is -0.140. The van der Waals surface area contributed by atoms with Gasteiger partial charge in [-0.2, -0.15) is 0 Å². The van der Waals surface area contributed by atoms with Gasteiger partial charge in [0.2, 0.25) is 11.8 Å². The number of anilines is 2. The van der Waals surface area contributed by atoms with Gasteiger partial charge in [0.05, 0.1) is 63.7 Å². The number of aldehydes is 1. The van der Waals surface area contributed by atoms with Crippen molar-refractivity contribution in [2.45, 2.75) is 78.3 Å². The Balaban J connectivity index is 0.000000204. The van der Waals surface area contributed by atoms with Crippen LogP contribution in [0.2, 0.25) is 10.3 Å². The summed E-state index contributed by atoms with van der Waals surface area (Å²) in [5.74, 6) is 6.07. The molecule has 3 aliphatic rings. The number of nitrogens with zero attached hydrogens (tertiary/aromatic N) is 8. The number of allylic oxidation sites excluding steroid dienone is 1. The summed E-state index contributed by atoms with van der Waals surface area (Å²) in [6, 6.07) is 84.9. The van der Waals surface area contributed by atoms with E-state index in [1.54, 1.807) is 58.3 Å². The first-order chi connectivity index (χ1) is 66.9. The van der Waals surface area contributed by atoms with Crippen molar-refractivity contribution in [2.75, 3.05) is 58.6 Å². The van der Waals surface area contributed by atoms with E-state index >= 15 is 0 Å². The minimum atomic E-state index is -1.34. The number of methoxy groups -OCH3 is 3. The maximum Gasteiger partial charge on any atom is 0.488 e. The van der Waals surface area contributed by atoms with E-state index in [0.29, 0.717) is 80.7 Å². The molecule has 4 aromatic heterocycles. The average molecular weight is 1930 g/mol. The van der Waals surface area contributed by atoms with Crippen LogP contribution < -0.4 is 46.8 Å². The quantitative estimate of drug-likeness (QED) is 0.00827.